The number of benzene rings is 1. The summed E-state index contributed by atoms with van der Waals surface area (Å²) in [6, 6.07) is 7.23. The van der Waals surface area contributed by atoms with E-state index in [1.54, 1.807) is 24.0 Å². The Morgan fingerprint density at radius 2 is 2.07 bits per heavy atom. The molecule has 0 radical (unpaired) electrons. The summed E-state index contributed by atoms with van der Waals surface area (Å²) in [6.45, 7) is 2.20. The van der Waals surface area contributed by atoms with Crippen LogP contribution < -0.4 is 0 Å². The zero-order chi connectivity index (χ0) is 10.4. The SMILES string of the molecule is CCOC(=O)c1ccc(/C=C/Br)cc1. The van der Waals surface area contributed by atoms with Crippen molar-refractivity contribution in [1.29, 1.82) is 0 Å². The number of halogens is 1. The molecular formula is C11H11BrO2. The number of ether oxygens (including phenoxy) is 1. The van der Waals surface area contributed by atoms with Crippen LogP contribution in [0.5, 0.6) is 0 Å². The molecule has 74 valence electrons. The second-order valence-corrected chi connectivity index (χ2v) is 3.16. The Bertz CT molecular complexity index is 328. The Balaban J connectivity index is 2.77. The first-order valence-electron chi connectivity index (χ1n) is 4.32. The van der Waals surface area contributed by atoms with Crippen LogP contribution >= 0.6 is 15.9 Å². The van der Waals surface area contributed by atoms with Crippen molar-refractivity contribution in [3.8, 4) is 0 Å². The van der Waals surface area contributed by atoms with Crippen LogP contribution in [0.4, 0.5) is 0 Å². The van der Waals surface area contributed by atoms with Crippen LogP contribution in [0, 0.1) is 0 Å². The minimum Gasteiger partial charge on any atom is -0.462 e. The summed E-state index contributed by atoms with van der Waals surface area (Å²) >= 11 is 3.19. The molecule has 0 saturated heterocycles. The molecule has 0 spiro atoms. The van der Waals surface area contributed by atoms with Crippen molar-refractivity contribution in [2.75, 3.05) is 6.61 Å². The molecule has 0 heterocycles. The number of esters is 1. The predicted octanol–water partition coefficient (Wildman–Crippen LogP) is 3.23. The van der Waals surface area contributed by atoms with Crippen LogP contribution in [-0.2, 0) is 4.74 Å². The van der Waals surface area contributed by atoms with Crippen LogP contribution in [-0.4, -0.2) is 12.6 Å². The maximum Gasteiger partial charge on any atom is 0.338 e. The highest BCUT2D eigenvalue weighted by molar-refractivity contribution is 9.11. The van der Waals surface area contributed by atoms with Crippen molar-refractivity contribution >= 4 is 28.0 Å². The van der Waals surface area contributed by atoms with Crippen molar-refractivity contribution in [2.45, 2.75) is 6.92 Å². The largest absolute Gasteiger partial charge is 0.462 e. The number of carbonyl (C=O) groups is 1. The molecule has 0 aromatic heterocycles. The van der Waals surface area contributed by atoms with Gasteiger partial charge in [-0.3, -0.25) is 0 Å². The quantitative estimate of drug-likeness (QED) is 0.775. The van der Waals surface area contributed by atoms with E-state index in [2.05, 4.69) is 15.9 Å². The molecule has 14 heavy (non-hydrogen) atoms. The summed E-state index contributed by atoms with van der Waals surface area (Å²) in [4.78, 5) is 13.0. The molecule has 0 atom stereocenters. The maximum absolute atomic E-state index is 11.3. The van der Waals surface area contributed by atoms with E-state index in [1.807, 2.05) is 18.2 Å². The standard InChI is InChI=1S/C11H11BrO2/c1-2-14-11(13)10-5-3-9(4-6-10)7-8-12/h3-8H,2H2,1H3/b8-7+. The number of rotatable bonds is 3. The van der Waals surface area contributed by atoms with Crippen LogP contribution in [0.15, 0.2) is 29.3 Å². The third-order valence-corrected chi connectivity index (χ3v) is 1.94. The molecule has 1 rings (SSSR count). The third kappa shape index (κ3) is 3.00. The summed E-state index contributed by atoms with van der Waals surface area (Å²) in [5, 5.41) is 0. The van der Waals surface area contributed by atoms with E-state index >= 15 is 0 Å². The lowest BCUT2D eigenvalue weighted by Gasteiger charge is -2.01. The molecule has 0 amide bonds. The average Bonchev–Trinajstić information content (AvgIpc) is 2.20. The second kappa shape index (κ2) is 5.60. The topological polar surface area (TPSA) is 26.3 Å². The predicted molar refractivity (Wildman–Crippen MR) is 60.4 cm³/mol. The highest BCUT2D eigenvalue weighted by Crippen LogP contribution is 2.08. The van der Waals surface area contributed by atoms with Gasteiger partial charge in [-0.1, -0.05) is 28.1 Å². The fraction of sp³-hybridized carbons (Fsp3) is 0.182. The van der Waals surface area contributed by atoms with Gasteiger partial charge in [0.2, 0.25) is 0 Å². The summed E-state index contributed by atoms with van der Waals surface area (Å²) in [5.74, 6) is -0.276. The summed E-state index contributed by atoms with van der Waals surface area (Å²) in [5.41, 5.74) is 1.62. The fourth-order valence-corrected chi connectivity index (χ4v) is 1.32. The van der Waals surface area contributed by atoms with Crippen molar-refractivity contribution in [3.63, 3.8) is 0 Å². The van der Waals surface area contributed by atoms with Gasteiger partial charge in [0, 0.05) is 0 Å². The smallest absolute Gasteiger partial charge is 0.338 e. The molecule has 3 heteroatoms. The molecule has 0 aliphatic carbocycles. The van der Waals surface area contributed by atoms with Crippen molar-refractivity contribution in [2.24, 2.45) is 0 Å². The van der Waals surface area contributed by atoms with Crippen LogP contribution in [0.3, 0.4) is 0 Å². The Labute approximate surface area is 91.7 Å². The van der Waals surface area contributed by atoms with Gasteiger partial charge in [0.05, 0.1) is 12.2 Å². The molecule has 0 fully saturated rings. The van der Waals surface area contributed by atoms with Gasteiger partial charge in [0.15, 0.2) is 0 Å². The molecule has 0 unspecified atom stereocenters. The molecule has 0 aliphatic heterocycles. The summed E-state index contributed by atoms with van der Waals surface area (Å²) < 4.78 is 4.86. The van der Waals surface area contributed by atoms with Gasteiger partial charge in [-0.25, -0.2) is 4.79 Å². The van der Waals surface area contributed by atoms with Gasteiger partial charge in [-0.05, 0) is 35.7 Å². The number of hydrogen-bond acceptors (Lipinski definition) is 2. The van der Waals surface area contributed by atoms with Gasteiger partial charge < -0.3 is 4.74 Å². The lowest BCUT2D eigenvalue weighted by Crippen LogP contribution is -2.03. The van der Waals surface area contributed by atoms with Gasteiger partial charge in [0.25, 0.3) is 0 Å². The van der Waals surface area contributed by atoms with Gasteiger partial charge in [-0.2, -0.15) is 0 Å². The van der Waals surface area contributed by atoms with Gasteiger partial charge >= 0.3 is 5.97 Å². The van der Waals surface area contributed by atoms with E-state index in [1.165, 1.54) is 0 Å². The van der Waals surface area contributed by atoms with Gasteiger partial charge in [-0.15, -0.1) is 0 Å². The minimum absolute atomic E-state index is 0.276. The summed E-state index contributed by atoms with van der Waals surface area (Å²) in [6.07, 6.45) is 1.90. The van der Waals surface area contributed by atoms with Gasteiger partial charge in [0.1, 0.15) is 0 Å². The fourth-order valence-electron chi connectivity index (χ4n) is 1.02. The lowest BCUT2D eigenvalue weighted by molar-refractivity contribution is 0.0526. The number of carbonyl (C=O) groups excluding carboxylic acids is 1. The van der Waals surface area contributed by atoms with Crippen LogP contribution in [0.1, 0.15) is 22.8 Å². The lowest BCUT2D eigenvalue weighted by atomic mass is 10.1. The summed E-state index contributed by atoms with van der Waals surface area (Å²) in [7, 11) is 0. The highest BCUT2D eigenvalue weighted by Gasteiger charge is 2.04. The van der Waals surface area contributed by atoms with E-state index in [4.69, 9.17) is 4.74 Å². The first-order valence-corrected chi connectivity index (χ1v) is 5.23. The molecule has 1 aromatic rings. The van der Waals surface area contributed by atoms with E-state index in [9.17, 15) is 4.79 Å². The van der Waals surface area contributed by atoms with Crippen molar-refractivity contribution in [1.82, 2.24) is 0 Å². The third-order valence-electron chi connectivity index (χ3n) is 1.68. The first kappa shape index (κ1) is 11.0. The first-order chi connectivity index (χ1) is 6.77. The van der Waals surface area contributed by atoms with Crippen molar-refractivity contribution in [3.05, 3.63) is 40.4 Å². The van der Waals surface area contributed by atoms with Crippen molar-refractivity contribution < 1.29 is 9.53 Å². The Kier molecular flexibility index (Phi) is 4.40. The Hall–Kier alpha value is -1.09. The minimum atomic E-state index is -0.276. The molecule has 0 N–H and O–H groups in total. The maximum atomic E-state index is 11.3. The van der Waals surface area contributed by atoms with Crippen LogP contribution in [0.25, 0.3) is 6.08 Å². The van der Waals surface area contributed by atoms with E-state index in [0.29, 0.717) is 12.2 Å². The Morgan fingerprint density at radius 1 is 1.43 bits per heavy atom. The molecule has 0 bridgehead atoms. The molecule has 1 aromatic carbocycles. The Morgan fingerprint density at radius 3 is 2.57 bits per heavy atom. The second-order valence-electron chi connectivity index (χ2n) is 2.64. The normalized spacial score (nSPS) is 10.4. The monoisotopic (exact) mass is 254 g/mol. The average molecular weight is 255 g/mol. The number of hydrogen-bond donors (Lipinski definition) is 0. The molecule has 0 saturated carbocycles. The van der Waals surface area contributed by atoms with E-state index in [0.717, 1.165) is 5.56 Å². The zero-order valence-electron chi connectivity index (χ0n) is 7.87. The highest BCUT2D eigenvalue weighted by atomic mass is 79.9. The molecule has 2 nitrogen and oxygen atoms in total. The molecule has 0 aliphatic rings. The van der Waals surface area contributed by atoms with Crippen LogP contribution in [0.2, 0.25) is 0 Å². The molecular weight excluding hydrogens is 244 g/mol. The van der Waals surface area contributed by atoms with E-state index < -0.39 is 0 Å². The zero-order valence-corrected chi connectivity index (χ0v) is 9.45. The van der Waals surface area contributed by atoms with E-state index in [-0.39, 0.29) is 5.97 Å².